The fourth-order valence-electron chi connectivity index (χ4n) is 3.76. The topological polar surface area (TPSA) is 117 Å². The van der Waals surface area contributed by atoms with Crippen LogP contribution >= 0.6 is 0 Å². The van der Waals surface area contributed by atoms with E-state index in [2.05, 4.69) is 0 Å². The molecule has 1 aromatic carbocycles. The number of carbonyl (C=O) groups excluding carboxylic acids is 1. The Morgan fingerprint density at radius 1 is 1.36 bits per heavy atom. The summed E-state index contributed by atoms with van der Waals surface area (Å²) in [5.74, 6) is -0.516. The van der Waals surface area contributed by atoms with Crippen LogP contribution in [0.1, 0.15) is 36.5 Å². The van der Waals surface area contributed by atoms with Crippen LogP contribution in [0.5, 0.6) is 5.75 Å². The molecule has 156 valence electrons. The van der Waals surface area contributed by atoms with Crippen molar-refractivity contribution in [1.29, 1.82) is 0 Å². The molecule has 0 saturated carbocycles. The number of likely N-dealkylation sites (tertiary alicyclic amines) is 1. The molecule has 2 atom stereocenters. The number of ether oxygens (including phenoxy) is 2. The molecule has 2 fully saturated rings. The standard InChI is InChI=1S/C18H24FNO5.CH2O2/c1-17(23)7-10-25-18(16(17)22)5-8-20(9-6-18)15(21)13-4-3-12(19)11-14(13)24-2;2-1-3/h3-4,11,16,22-23H,5-10H2,1-2H3;1H,(H,2,3)/t16-,17+;/m0./s1. The molecule has 3 N–H and O–H groups in total. The molecule has 3 rings (SSSR count). The van der Waals surface area contributed by atoms with Crippen molar-refractivity contribution in [2.24, 2.45) is 0 Å². The van der Waals surface area contributed by atoms with Crippen molar-refractivity contribution in [2.75, 3.05) is 26.8 Å². The van der Waals surface area contributed by atoms with Crippen molar-refractivity contribution in [3.63, 3.8) is 0 Å². The lowest BCUT2D eigenvalue weighted by molar-refractivity contribution is -0.244. The van der Waals surface area contributed by atoms with Crippen LogP contribution in [0.15, 0.2) is 18.2 Å². The summed E-state index contributed by atoms with van der Waals surface area (Å²) in [4.78, 5) is 22.7. The van der Waals surface area contributed by atoms with E-state index in [4.69, 9.17) is 19.4 Å². The molecule has 2 saturated heterocycles. The van der Waals surface area contributed by atoms with Gasteiger partial charge in [0.1, 0.15) is 23.3 Å². The molecule has 2 aliphatic heterocycles. The highest BCUT2D eigenvalue weighted by molar-refractivity contribution is 5.97. The van der Waals surface area contributed by atoms with E-state index >= 15 is 0 Å². The first-order valence-electron chi connectivity index (χ1n) is 8.96. The van der Waals surface area contributed by atoms with Gasteiger partial charge < -0.3 is 29.7 Å². The minimum atomic E-state index is -1.19. The van der Waals surface area contributed by atoms with Crippen LogP contribution in [-0.4, -0.2) is 76.7 Å². The fraction of sp³-hybridized carbons (Fsp3) is 0.579. The number of piperidine rings is 1. The average molecular weight is 399 g/mol. The van der Waals surface area contributed by atoms with Crippen molar-refractivity contribution in [2.45, 2.75) is 43.5 Å². The first kappa shape index (κ1) is 22.1. The van der Waals surface area contributed by atoms with Crippen molar-refractivity contribution in [3.05, 3.63) is 29.6 Å². The zero-order valence-corrected chi connectivity index (χ0v) is 15.9. The maximum Gasteiger partial charge on any atom is 0.290 e. The van der Waals surface area contributed by atoms with E-state index in [0.717, 1.165) is 0 Å². The molecule has 0 bridgehead atoms. The summed E-state index contributed by atoms with van der Waals surface area (Å²) in [6.07, 6.45) is 0.246. The van der Waals surface area contributed by atoms with Crippen LogP contribution in [0.2, 0.25) is 0 Å². The Hall–Kier alpha value is -2.23. The SMILES string of the molecule is COc1cc(F)ccc1C(=O)N1CCC2(CC1)OCC[C@@](C)(O)[C@@H]2O.O=CO. The number of hydrogen-bond donors (Lipinski definition) is 3. The number of carboxylic acid groups (broad SMARTS) is 1. The lowest BCUT2D eigenvalue weighted by atomic mass is 9.75. The minimum Gasteiger partial charge on any atom is -0.496 e. The normalized spacial score (nSPS) is 26.2. The second-order valence-corrected chi connectivity index (χ2v) is 7.17. The van der Waals surface area contributed by atoms with Gasteiger partial charge in [-0.1, -0.05) is 0 Å². The van der Waals surface area contributed by atoms with Crippen molar-refractivity contribution < 1.29 is 38.8 Å². The molecular formula is C19H26FNO7. The van der Waals surface area contributed by atoms with Gasteiger partial charge in [0.05, 0.1) is 24.9 Å². The molecule has 0 radical (unpaired) electrons. The summed E-state index contributed by atoms with van der Waals surface area (Å²) >= 11 is 0. The molecule has 0 unspecified atom stereocenters. The molecule has 2 aliphatic rings. The highest BCUT2D eigenvalue weighted by Gasteiger charge is 2.53. The summed E-state index contributed by atoms with van der Waals surface area (Å²) < 4.78 is 24.3. The van der Waals surface area contributed by atoms with E-state index in [0.29, 0.717) is 44.5 Å². The van der Waals surface area contributed by atoms with E-state index in [1.54, 1.807) is 11.8 Å². The number of hydrogen-bond acceptors (Lipinski definition) is 6. The van der Waals surface area contributed by atoms with Gasteiger partial charge in [0.15, 0.2) is 0 Å². The zero-order chi connectivity index (χ0) is 20.9. The summed E-state index contributed by atoms with van der Waals surface area (Å²) in [7, 11) is 1.39. The maximum absolute atomic E-state index is 13.3. The first-order chi connectivity index (χ1) is 13.2. The Kier molecular flexibility index (Phi) is 6.97. The largest absolute Gasteiger partial charge is 0.496 e. The number of methoxy groups -OCH3 is 1. The van der Waals surface area contributed by atoms with Gasteiger partial charge in [0.2, 0.25) is 0 Å². The average Bonchev–Trinajstić information content (AvgIpc) is 2.67. The highest BCUT2D eigenvalue weighted by atomic mass is 19.1. The fourth-order valence-corrected chi connectivity index (χ4v) is 3.76. The number of nitrogens with zero attached hydrogens (tertiary/aromatic N) is 1. The van der Waals surface area contributed by atoms with Gasteiger partial charge in [-0.3, -0.25) is 9.59 Å². The monoisotopic (exact) mass is 399 g/mol. The van der Waals surface area contributed by atoms with Gasteiger partial charge in [-0.2, -0.15) is 0 Å². The Bertz CT molecular complexity index is 702. The lowest BCUT2D eigenvalue weighted by Crippen LogP contribution is -2.64. The molecule has 9 heteroatoms. The van der Waals surface area contributed by atoms with Gasteiger partial charge in [-0.05, 0) is 31.9 Å². The molecular weight excluding hydrogens is 373 g/mol. The number of benzene rings is 1. The van der Waals surface area contributed by atoms with Crippen molar-refractivity contribution in [3.8, 4) is 5.75 Å². The highest BCUT2D eigenvalue weighted by Crippen LogP contribution is 2.40. The van der Waals surface area contributed by atoms with E-state index in [1.807, 2.05) is 0 Å². The van der Waals surface area contributed by atoms with Crippen molar-refractivity contribution in [1.82, 2.24) is 4.90 Å². The van der Waals surface area contributed by atoms with E-state index in [-0.39, 0.29) is 18.1 Å². The molecule has 1 amide bonds. The molecule has 28 heavy (non-hydrogen) atoms. The molecule has 1 aromatic rings. The molecule has 0 aromatic heterocycles. The van der Waals surface area contributed by atoms with Crippen molar-refractivity contribution >= 4 is 12.4 Å². The van der Waals surface area contributed by atoms with E-state index < -0.39 is 23.1 Å². The second-order valence-electron chi connectivity index (χ2n) is 7.17. The number of aliphatic hydroxyl groups excluding tert-OH is 1. The number of rotatable bonds is 2. The Morgan fingerprint density at radius 2 is 1.96 bits per heavy atom. The zero-order valence-electron chi connectivity index (χ0n) is 15.9. The van der Waals surface area contributed by atoms with Crippen LogP contribution < -0.4 is 4.74 Å². The van der Waals surface area contributed by atoms with Crippen LogP contribution in [0.25, 0.3) is 0 Å². The van der Waals surface area contributed by atoms with Gasteiger partial charge in [0, 0.05) is 25.6 Å². The Morgan fingerprint density at radius 3 is 2.54 bits per heavy atom. The number of halogens is 1. The van der Waals surface area contributed by atoms with Gasteiger partial charge in [-0.15, -0.1) is 0 Å². The molecule has 0 aliphatic carbocycles. The third kappa shape index (κ3) is 4.43. The number of amides is 1. The van der Waals surface area contributed by atoms with Crippen LogP contribution in [0.3, 0.4) is 0 Å². The minimum absolute atomic E-state index is 0.196. The third-order valence-corrected chi connectivity index (χ3v) is 5.38. The Labute approximate surface area is 162 Å². The summed E-state index contributed by atoms with van der Waals surface area (Å²) in [6, 6.07) is 3.83. The summed E-state index contributed by atoms with van der Waals surface area (Å²) in [6.45, 7) is 2.51. The number of carbonyl (C=O) groups is 2. The third-order valence-electron chi connectivity index (χ3n) is 5.38. The van der Waals surface area contributed by atoms with Crippen LogP contribution in [0, 0.1) is 5.82 Å². The Balaban J connectivity index is 0.000000878. The predicted molar refractivity (Wildman–Crippen MR) is 96.7 cm³/mol. The van der Waals surface area contributed by atoms with E-state index in [1.165, 1.54) is 25.3 Å². The first-order valence-corrected chi connectivity index (χ1v) is 8.96. The lowest BCUT2D eigenvalue weighted by Gasteiger charge is -2.51. The van der Waals surface area contributed by atoms with Crippen LogP contribution in [-0.2, 0) is 9.53 Å². The molecule has 8 nitrogen and oxygen atoms in total. The quantitative estimate of drug-likeness (QED) is 0.636. The predicted octanol–water partition coefficient (Wildman–Crippen LogP) is 1.04. The summed E-state index contributed by atoms with van der Waals surface area (Å²) in [5, 5.41) is 27.8. The molecule has 1 spiro atoms. The van der Waals surface area contributed by atoms with Gasteiger partial charge in [-0.25, -0.2) is 4.39 Å². The van der Waals surface area contributed by atoms with Gasteiger partial charge >= 0.3 is 0 Å². The number of aliphatic hydroxyl groups is 2. The smallest absolute Gasteiger partial charge is 0.290 e. The van der Waals surface area contributed by atoms with E-state index in [9.17, 15) is 19.4 Å². The van der Waals surface area contributed by atoms with Crippen LogP contribution in [0.4, 0.5) is 4.39 Å². The second kappa shape index (κ2) is 8.85. The molecule has 2 heterocycles. The maximum atomic E-state index is 13.3. The summed E-state index contributed by atoms with van der Waals surface area (Å²) in [5.41, 5.74) is -1.72. The van der Waals surface area contributed by atoms with Gasteiger partial charge in [0.25, 0.3) is 12.4 Å².